The van der Waals surface area contributed by atoms with Gasteiger partial charge < -0.3 is 10.5 Å². The monoisotopic (exact) mass is 443 g/mol. The van der Waals surface area contributed by atoms with Crippen molar-refractivity contribution in [2.24, 2.45) is 11.1 Å². The largest absolute Gasteiger partial charge is 0.384 e. The third kappa shape index (κ3) is 3.26. The Morgan fingerprint density at radius 2 is 1.76 bits per heavy atom. The third-order valence-electron chi connectivity index (χ3n) is 4.88. The van der Waals surface area contributed by atoms with Crippen molar-refractivity contribution in [3.63, 3.8) is 0 Å². The van der Waals surface area contributed by atoms with Crippen LogP contribution in [0.25, 0.3) is 0 Å². The van der Waals surface area contributed by atoms with Crippen molar-refractivity contribution in [3.8, 4) is 0 Å². The molecule has 4 nitrogen and oxygen atoms in total. The van der Waals surface area contributed by atoms with Crippen LogP contribution in [0.1, 0.15) is 11.5 Å². The van der Waals surface area contributed by atoms with E-state index in [1.165, 1.54) is 0 Å². The van der Waals surface area contributed by atoms with Gasteiger partial charge >= 0.3 is 0 Å². The molecule has 0 aliphatic heterocycles. The molecule has 0 aromatic heterocycles. The van der Waals surface area contributed by atoms with Gasteiger partial charge in [-0.25, -0.2) is 8.42 Å². The zero-order valence-corrected chi connectivity index (χ0v) is 16.8. The average Bonchev–Trinajstić information content (AvgIpc) is 3.26. The molecule has 0 saturated heterocycles. The summed E-state index contributed by atoms with van der Waals surface area (Å²) in [7, 11) is -1.99. The molecule has 1 aliphatic carbocycles. The van der Waals surface area contributed by atoms with Gasteiger partial charge in [0, 0.05) is 34.5 Å². The molecule has 3 atom stereocenters. The van der Waals surface area contributed by atoms with Crippen molar-refractivity contribution in [2.45, 2.75) is 16.1 Å². The fraction of sp³-hybridized carbons (Fsp3) is 0.333. The molecule has 1 aliphatic rings. The van der Waals surface area contributed by atoms with E-state index in [1.807, 2.05) is 24.3 Å². The van der Waals surface area contributed by atoms with Crippen LogP contribution >= 0.6 is 27.5 Å². The van der Waals surface area contributed by atoms with Gasteiger partial charge in [0.25, 0.3) is 0 Å². The molecule has 0 unspecified atom stereocenters. The molecule has 0 amide bonds. The minimum absolute atomic E-state index is 0.203. The summed E-state index contributed by atoms with van der Waals surface area (Å²) < 4.78 is 32.8. The molecule has 0 heterocycles. The molecule has 2 aromatic carbocycles. The summed E-state index contributed by atoms with van der Waals surface area (Å²) in [5.74, 6) is -0.203. The van der Waals surface area contributed by atoms with Gasteiger partial charge in [-0.2, -0.15) is 0 Å². The number of rotatable bonds is 6. The van der Waals surface area contributed by atoms with Crippen LogP contribution in [0.3, 0.4) is 0 Å². The van der Waals surface area contributed by atoms with Gasteiger partial charge in [-0.1, -0.05) is 39.7 Å². The minimum atomic E-state index is -3.56. The lowest BCUT2D eigenvalue weighted by atomic mass is 10.0. The van der Waals surface area contributed by atoms with Gasteiger partial charge in [0.15, 0.2) is 9.84 Å². The summed E-state index contributed by atoms with van der Waals surface area (Å²) in [6.07, 6.45) is 0. The predicted molar refractivity (Wildman–Crippen MR) is 103 cm³/mol. The second-order valence-electron chi connectivity index (χ2n) is 6.32. The van der Waals surface area contributed by atoms with Crippen LogP contribution in [-0.2, 0) is 14.6 Å². The Morgan fingerprint density at radius 3 is 2.28 bits per heavy atom. The lowest BCUT2D eigenvalue weighted by Crippen LogP contribution is -2.28. The minimum Gasteiger partial charge on any atom is -0.384 e. The van der Waals surface area contributed by atoms with E-state index in [-0.39, 0.29) is 17.4 Å². The van der Waals surface area contributed by atoms with Gasteiger partial charge in [-0.15, -0.1) is 0 Å². The Morgan fingerprint density at radius 1 is 1.16 bits per heavy atom. The van der Waals surface area contributed by atoms with Gasteiger partial charge in [-0.3, -0.25) is 0 Å². The first kappa shape index (κ1) is 18.9. The molecular formula is C18H19BrClNO3S. The van der Waals surface area contributed by atoms with Crippen LogP contribution in [0.4, 0.5) is 0 Å². The molecule has 3 rings (SSSR count). The van der Waals surface area contributed by atoms with E-state index in [0.717, 1.165) is 10.0 Å². The number of hydrogen-bond donors (Lipinski definition) is 1. The van der Waals surface area contributed by atoms with Crippen LogP contribution in [0.2, 0.25) is 5.02 Å². The molecule has 7 heteroatoms. The number of methoxy groups -OCH3 is 1. The molecule has 25 heavy (non-hydrogen) atoms. The maximum absolute atomic E-state index is 13.2. The third-order valence-corrected chi connectivity index (χ3v) is 8.00. The molecule has 1 fully saturated rings. The van der Waals surface area contributed by atoms with Gasteiger partial charge in [0.1, 0.15) is 0 Å². The summed E-state index contributed by atoms with van der Waals surface area (Å²) in [4.78, 5) is 0.260. The zero-order valence-electron chi connectivity index (χ0n) is 13.7. The molecule has 2 aromatic rings. The van der Waals surface area contributed by atoms with Crippen LogP contribution in [0.5, 0.6) is 0 Å². The number of sulfone groups is 1. The molecule has 0 spiro atoms. The van der Waals surface area contributed by atoms with Crippen molar-refractivity contribution in [2.75, 3.05) is 20.3 Å². The standard InChI is InChI=1S/C18H19BrClNO3S/c1-24-11-18(10-21)16(12-2-4-13(19)5-3-12)17(18)25(22,23)15-8-6-14(20)7-9-15/h2-9,16-17H,10-11,21H2,1H3/t16-,17-,18-/m1/s1. The summed E-state index contributed by atoms with van der Waals surface area (Å²) in [5.41, 5.74) is 6.36. The highest BCUT2D eigenvalue weighted by Crippen LogP contribution is 2.63. The van der Waals surface area contributed by atoms with Crippen LogP contribution < -0.4 is 5.73 Å². The Balaban J connectivity index is 2.05. The van der Waals surface area contributed by atoms with Crippen LogP contribution in [0, 0.1) is 5.41 Å². The highest BCUT2D eigenvalue weighted by molar-refractivity contribution is 9.10. The molecule has 1 saturated carbocycles. The normalized spacial score (nSPS) is 25.8. The fourth-order valence-corrected chi connectivity index (χ4v) is 6.47. The SMILES string of the molecule is COC[C@]1(CN)[C@H](c2ccc(Br)cc2)[C@H]1S(=O)(=O)c1ccc(Cl)cc1. The number of halogens is 2. The molecule has 0 bridgehead atoms. The maximum atomic E-state index is 13.2. The van der Waals surface area contributed by atoms with Gasteiger partial charge in [-0.05, 0) is 42.0 Å². The predicted octanol–water partition coefficient (Wildman–Crippen LogP) is 3.63. The summed E-state index contributed by atoms with van der Waals surface area (Å²) >= 11 is 9.30. The highest BCUT2D eigenvalue weighted by Gasteiger charge is 2.70. The van der Waals surface area contributed by atoms with E-state index < -0.39 is 20.5 Å². The second kappa shape index (κ2) is 7.00. The van der Waals surface area contributed by atoms with Crippen molar-refractivity contribution in [1.29, 1.82) is 0 Å². The Kier molecular flexibility index (Phi) is 5.28. The number of ether oxygens (including phenoxy) is 1. The first-order chi connectivity index (χ1) is 11.9. The van der Waals surface area contributed by atoms with Crippen molar-refractivity contribution < 1.29 is 13.2 Å². The van der Waals surface area contributed by atoms with Crippen molar-refractivity contribution in [1.82, 2.24) is 0 Å². The van der Waals surface area contributed by atoms with E-state index in [0.29, 0.717) is 11.6 Å². The lowest BCUT2D eigenvalue weighted by Gasteiger charge is -2.15. The smallest absolute Gasteiger partial charge is 0.182 e. The first-order valence-corrected chi connectivity index (χ1v) is 10.5. The van der Waals surface area contributed by atoms with Gasteiger partial charge in [0.05, 0.1) is 16.8 Å². The Labute approximate surface area is 161 Å². The molecule has 134 valence electrons. The van der Waals surface area contributed by atoms with E-state index in [9.17, 15) is 8.42 Å². The number of hydrogen-bond acceptors (Lipinski definition) is 4. The number of benzene rings is 2. The fourth-order valence-electron chi connectivity index (χ4n) is 3.63. The lowest BCUT2D eigenvalue weighted by molar-refractivity contribution is 0.142. The van der Waals surface area contributed by atoms with Gasteiger partial charge in [0.2, 0.25) is 0 Å². The number of nitrogens with two attached hydrogens (primary N) is 1. The second-order valence-corrected chi connectivity index (χ2v) is 9.74. The summed E-state index contributed by atoms with van der Waals surface area (Å²) in [6, 6.07) is 14.0. The Hall–Kier alpha value is -0.920. The summed E-state index contributed by atoms with van der Waals surface area (Å²) in [6.45, 7) is 0.529. The van der Waals surface area contributed by atoms with Crippen LogP contribution in [0.15, 0.2) is 57.9 Å². The quantitative estimate of drug-likeness (QED) is 0.738. The van der Waals surface area contributed by atoms with E-state index in [2.05, 4.69) is 15.9 Å². The topological polar surface area (TPSA) is 69.4 Å². The Bertz CT molecular complexity index is 855. The highest BCUT2D eigenvalue weighted by atomic mass is 79.9. The maximum Gasteiger partial charge on any atom is 0.182 e. The van der Waals surface area contributed by atoms with E-state index >= 15 is 0 Å². The van der Waals surface area contributed by atoms with Crippen molar-refractivity contribution >= 4 is 37.4 Å². The van der Waals surface area contributed by atoms with E-state index in [1.54, 1.807) is 31.4 Å². The average molecular weight is 445 g/mol. The molecule has 0 radical (unpaired) electrons. The van der Waals surface area contributed by atoms with Crippen LogP contribution in [-0.4, -0.2) is 33.9 Å². The summed E-state index contributed by atoms with van der Waals surface area (Å²) in [5, 5.41) is -0.117. The zero-order chi connectivity index (χ0) is 18.2. The molecular weight excluding hydrogens is 426 g/mol. The molecule has 2 N–H and O–H groups in total. The van der Waals surface area contributed by atoms with Crippen molar-refractivity contribution in [3.05, 3.63) is 63.6 Å². The first-order valence-electron chi connectivity index (χ1n) is 7.81. The van der Waals surface area contributed by atoms with E-state index in [4.69, 9.17) is 22.1 Å².